The molecule has 0 radical (unpaired) electrons. The van der Waals surface area contributed by atoms with Gasteiger partial charge < -0.3 is 10.6 Å². The molecule has 2 fully saturated rings. The zero-order valence-electron chi connectivity index (χ0n) is 14.4. The Morgan fingerprint density at radius 2 is 2.12 bits per heavy atom. The van der Waals surface area contributed by atoms with Crippen LogP contribution in [0.2, 0.25) is 5.02 Å². The summed E-state index contributed by atoms with van der Waals surface area (Å²) in [5.41, 5.74) is 0.975. The van der Waals surface area contributed by atoms with Crippen molar-refractivity contribution in [1.82, 2.24) is 15.5 Å². The summed E-state index contributed by atoms with van der Waals surface area (Å²) in [7, 11) is 0. The molecule has 0 bridgehead atoms. The largest absolute Gasteiger partial charge is 0.359 e. The lowest BCUT2D eigenvalue weighted by molar-refractivity contribution is -0.138. The van der Waals surface area contributed by atoms with Crippen molar-refractivity contribution in [2.45, 2.75) is 31.8 Å². The van der Waals surface area contributed by atoms with Crippen LogP contribution in [-0.4, -0.2) is 34.4 Å². The van der Waals surface area contributed by atoms with Gasteiger partial charge in [0.1, 0.15) is 0 Å². The number of halogens is 1. The van der Waals surface area contributed by atoms with Crippen LogP contribution in [0.25, 0.3) is 0 Å². The predicted molar refractivity (Wildman–Crippen MR) is 106 cm³/mol. The van der Waals surface area contributed by atoms with Gasteiger partial charge in [0.2, 0.25) is 11.8 Å². The summed E-state index contributed by atoms with van der Waals surface area (Å²) in [4.78, 5) is 26.8. The summed E-state index contributed by atoms with van der Waals surface area (Å²) in [5, 5.41) is 7.21. The van der Waals surface area contributed by atoms with Gasteiger partial charge in [0.05, 0.1) is 12.5 Å². The molecule has 2 N–H and O–H groups in total. The van der Waals surface area contributed by atoms with Crippen LogP contribution in [-0.2, 0) is 16.1 Å². The lowest BCUT2D eigenvalue weighted by Gasteiger charge is -2.43. The second kappa shape index (κ2) is 8.18. The number of nitrogens with one attached hydrogen (secondary N) is 2. The first kappa shape index (κ1) is 18.9. The molecule has 3 rings (SSSR count). The number of hydrogen-bond donors (Lipinski definition) is 2. The van der Waals surface area contributed by atoms with Gasteiger partial charge in [-0.25, -0.2) is 0 Å². The lowest BCUT2D eigenvalue weighted by atomic mass is 9.76. The molecule has 5 nitrogen and oxygen atoms in total. The van der Waals surface area contributed by atoms with Crippen molar-refractivity contribution in [3.8, 4) is 0 Å². The Balaban J connectivity index is 1.65. The van der Waals surface area contributed by atoms with Gasteiger partial charge >= 0.3 is 0 Å². The van der Waals surface area contributed by atoms with Gasteiger partial charge in [0.25, 0.3) is 0 Å². The van der Waals surface area contributed by atoms with Gasteiger partial charge in [-0.3, -0.25) is 14.5 Å². The molecular formula is C19H22ClN3O2S. The van der Waals surface area contributed by atoms with Gasteiger partial charge in [-0.15, -0.1) is 6.58 Å². The van der Waals surface area contributed by atoms with Crippen molar-refractivity contribution in [1.29, 1.82) is 0 Å². The fourth-order valence-corrected chi connectivity index (χ4v) is 4.07. The number of fused-ring (bicyclic) bond motifs is 1. The zero-order valence-corrected chi connectivity index (χ0v) is 16.0. The minimum atomic E-state index is -0.141. The first-order valence-electron chi connectivity index (χ1n) is 8.74. The number of amides is 2. The molecule has 1 saturated carbocycles. The zero-order chi connectivity index (χ0) is 18.7. The second-order valence-corrected chi connectivity index (χ2v) is 7.58. The Bertz CT molecular complexity index is 722. The Hall–Kier alpha value is -1.92. The fourth-order valence-electron chi connectivity index (χ4n) is 3.64. The topological polar surface area (TPSA) is 61.4 Å². The highest BCUT2D eigenvalue weighted by molar-refractivity contribution is 7.80. The predicted octanol–water partition coefficient (Wildman–Crippen LogP) is 2.64. The minimum absolute atomic E-state index is 0.0205. The van der Waals surface area contributed by atoms with Gasteiger partial charge in [0.15, 0.2) is 5.11 Å². The summed E-state index contributed by atoms with van der Waals surface area (Å²) in [6.07, 6.45) is 3.67. The molecule has 1 aromatic rings. The van der Waals surface area contributed by atoms with Crippen LogP contribution in [0.1, 0.15) is 24.8 Å². The molecular weight excluding hydrogens is 370 g/mol. The maximum Gasteiger partial charge on any atom is 0.234 e. The van der Waals surface area contributed by atoms with Crippen molar-refractivity contribution >= 4 is 40.7 Å². The molecule has 0 spiro atoms. The number of rotatable bonds is 5. The van der Waals surface area contributed by atoms with Gasteiger partial charge in [-0.05, 0) is 49.2 Å². The summed E-state index contributed by atoms with van der Waals surface area (Å²) >= 11 is 11.3. The van der Waals surface area contributed by atoms with Crippen molar-refractivity contribution in [2.75, 3.05) is 6.54 Å². The van der Waals surface area contributed by atoms with E-state index in [0.717, 1.165) is 5.56 Å². The van der Waals surface area contributed by atoms with Crippen LogP contribution in [0.15, 0.2) is 36.9 Å². The molecule has 1 saturated heterocycles. The molecule has 7 heteroatoms. The number of benzene rings is 1. The Labute approximate surface area is 163 Å². The Morgan fingerprint density at radius 3 is 2.81 bits per heavy atom. The summed E-state index contributed by atoms with van der Waals surface area (Å²) < 4.78 is 0. The van der Waals surface area contributed by atoms with E-state index in [2.05, 4.69) is 17.2 Å². The van der Waals surface area contributed by atoms with E-state index >= 15 is 0 Å². The maximum atomic E-state index is 12.9. The molecule has 1 aromatic carbocycles. The summed E-state index contributed by atoms with van der Waals surface area (Å²) in [6, 6.07) is 7.32. The minimum Gasteiger partial charge on any atom is -0.359 e. The normalized spacial score (nSPS) is 25.3. The first-order chi connectivity index (χ1) is 12.5. The fraction of sp³-hybridized carbons (Fsp3) is 0.421. The molecule has 3 unspecified atom stereocenters. The third-order valence-corrected chi connectivity index (χ3v) is 5.62. The van der Waals surface area contributed by atoms with E-state index < -0.39 is 0 Å². The van der Waals surface area contributed by atoms with E-state index in [-0.39, 0.29) is 29.7 Å². The van der Waals surface area contributed by atoms with Crippen molar-refractivity contribution in [2.24, 2.45) is 11.8 Å². The van der Waals surface area contributed by atoms with E-state index in [0.29, 0.717) is 42.5 Å². The van der Waals surface area contributed by atoms with Crippen LogP contribution in [0.4, 0.5) is 0 Å². The SMILES string of the molecule is C=CCNC(=O)C1CCC2C(=O)N(Cc3ccc(Cl)cc3)C(=S)NC2C1. The Morgan fingerprint density at radius 1 is 1.38 bits per heavy atom. The first-order valence-corrected chi connectivity index (χ1v) is 9.53. The smallest absolute Gasteiger partial charge is 0.234 e. The standard InChI is InChI=1S/C19H22ClN3O2S/c1-2-9-21-17(24)13-5-8-15-16(10-13)22-19(26)23(18(15)25)11-12-3-6-14(20)7-4-12/h2-4,6-7,13,15-16H,1,5,8-11H2,(H,21,24)(H,22,26). The van der Waals surface area contributed by atoms with E-state index in [9.17, 15) is 9.59 Å². The Kier molecular flexibility index (Phi) is 5.94. The quantitative estimate of drug-likeness (QED) is 0.598. The van der Waals surface area contributed by atoms with Crippen LogP contribution >= 0.6 is 23.8 Å². The van der Waals surface area contributed by atoms with E-state index in [1.165, 1.54) is 0 Å². The third kappa shape index (κ3) is 4.07. The van der Waals surface area contributed by atoms with Crippen molar-refractivity contribution in [3.63, 3.8) is 0 Å². The maximum absolute atomic E-state index is 12.9. The molecule has 138 valence electrons. The van der Waals surface area contributed by atoms with Crippen LogP contribution in [0.3, 0.4) is 0 Å². The molecule has 2 aliphatic rings. The van der Waals surface area contributed by atoms with E-state index in [1.54, 1.807) is 23.1 Å². The van der Waals surface area contributed by atoms with Gasteiger partial charge in [-0.1, -0.05) is 29.8 Å². The highest BCUT2D eigenvalue weighted by atomic mass is 35.5. The molecule has 3 atom stereocenters. The number of nitrogens with zero attached hydrogens (tertiary/aromatic N) is 1. The average molecular weight is 392 g/mol. The van der Waals surface area contributed by atoms with E-state index in [4.69, 9.17) is 23.8 Å². The lowest BCUT2D eigenvalue weighted by Crippen LogP contribution is -2.61. The molecule has 1 aliphatic heterocycles. The molecule has 26 heavy (non-hydrogen) atoms. The van der Waals surface area contributed by atoms with Crippen molar-refractivity contribution < 1.29 is 9.59 Å². The van der Waals surface area contributed by atoms with Crippen molar-refractivity contribution in [3.05, 3.63) is 47.5 Å². The molecule has 1 aliphatic carbocycles. The molecule has 2 amide bonds. The van der Waals surface area contributed by atoms with E-state index in [1.807, 2.05) is 12.1 Å². The second-order valence-electron chi connectivity index (χ2n) is 6.76. The van der Waals surface area contributed by atoms with Crippen LogP contribution in [0, 0.1) is 11.8 Å². The number of carbonyl (C=O) groups excluding carboxylic acids is 2. The number of carbonyl (C=O) groups is 2. The van der Waals surface area contributed by atoms with Gasteiger partial charge in [-0.2, -0.15) is 0 Å². The highest BCUT2D eigenvalue weighted by Crippen LogP contribution is 2.33. The van der Waals surface area contributed by atoms with Crippen LogP contribution in [0.5, 0.6) is 0 Å². The molecule has 0 aromatic heterocycles. The highest BCUT2D eigenvalue weighted by Gasteiger charge is 2.43. The average Bonchev–Trinajstić information content (AvgIpc) is 2.64. The third-order valence-electron chi connectivity index (χ3n) is 5.03. The molecule has 1 heterocycles. The summed E-state index contributed by atoms with van der Waals surface area (Å²) in [6.45, 7) is 4.50. The number of thiocarbonyl (C=S) groups is 1. The summed E-state index contributed by atoms with van der Waals surface area (Å²) in [5.74, 6) is -0.176. The monoisotopic (exact) mass is 391 g/mol. The van der Waals surface area contributed by atoms with Crippen LogP contribution < -0.4 is 10.6 Å². The van der Waals surface area contributed by atoms with Gasteiger partial charge in [0, 0.05) is 23.5 Å². The number of hydrogen-bond acceptors (Lipinski definition) is 3.